The Hall–Kier alpha value is -2.53. The van der Waals surface area contributed by atoms with Crippen molar-refractivity contribution < 1.29 is 9.59 Å². The van der Waals surface area contributed by atoms with Gasteiger partial charge in [0.15, 0.2) is 0 Å². The van der Waals surface area contributed by atoms with Crippen molar-refractivity contribution in [2.75, 3.05) is 17.2 Å². The molecule has 0 aromatic heterocycles. The zero-order valence-electron chi connectivity index (χ0n) is 16.1. The molecule has 6 heteroatoms. The summed E-state index contributed by atoms with van der Waals surface area (Å²) in [5.41, 5.74) is 2.93. The van der Waals surface area contributed by atoms with E-state index in [-0.39, 0.29) is 24.4 Å². The van der Waals surface area contributed by atoms with Crippen LogP contribution < -0.4 is 16.0 Å². The summed E-state index contributed by atoms with van der Waals surface area (Å²) >= 11 is 6.10. The first-order chi connectivity index (χ1) is 13.5. The summed E-state index contributed by atoms with van der Waals surface area (Å²) in [6, 6.07) is 12.8. The standard InChI is InChI=1S/C22H26ClN3O2/c1-15-10-11-18(13-20(15)23)24-14-21(27)25-19-9-5-6-16(12-19)22(28)26-17-7-3-2-4-8-17/h5-6,9-13,17,24H,2-4,7-8,14H2,1H3,(H,25,27)(H,26,28). The van der Waals surface area contributed by atoms with Gasteiger partial charge in [-0.1, -0.05) is 43.0 Å². The highest BCUT2D eigenvalue weighted by Crippen LogP contribution is 2.20. The van der Waals surface area contributed by atoms with Crippen LogP contribution in [0.3, 0.4) is 0 Å². The van der Waals surface area contributed by atoms with Crippen LogP contribution in [0.4, 0.5) is 11.4 Å². The summed E-state index contributed by atoms with van der Waals surface area (Å²) in [6.07, 6.45) is 5.66. The second-order valence-corrected chi connectivity index (χ2v) is 7.66. The number of benzene rings is 2. The molecule has 1 fully saturated rings. The Balaban J connectivity index is 1.53. The Bertz CT molecular complexity index is 847. The normalized spacial score (nSPS) is 14.4. The number of carbonyl (C=O) groups excluding carboxylic acids is 2. The molecule has 148 valence electrons. The molecule has 0 spiro atoms. The van der Waals surface area contributed by atoms with Crippen LogP contribution in [0.15, 0.2) is 42.5 Å². The molecular weight excluding hydrogens is 374 g/mol. The van der Waals surface area contributed by atoms with Crippen LogP contribution in [0.2, 0.25) is 5.02 Å². The zero-order chi connectivity index (χ0) is 19.9. The number of amides is 2. The minimum absolute atomic E-state index is 0.0876. The maximum absolute atomic E-state index is 12.5. The number of nitrogens with one attached hydrogen (secondary N) is 3. The lowest BCUT2D eigenvalue weighted by Crippen LogP contribution is -2.36. The number of carbonyl (C=O) groups is 2. The topological polar surface area (TPSA) is 70.2 Å². The molecule has 0 atom stereocenters. The predicted octanol–water partition coefficient (Wildman–Crippen LogP) is 4.76. The van der Waals surface area contributed by atoms with Crippen LogP contribution in [0.1, 0.15) is 48.0 Å². The largest absolute Gasteiger partial charge is 0.376 e. The Morgan fingerprint density at radius 1 is 1.04 bits per heavy atom. The second-order valence-electron chi connectivity index (χ2n) is 7.25. The van der Waals surface area contributed by atoms with Gasteiger partial charge in [0.1, 0.15) is 0 Å². The number of aryl methyl sites for hydroxylation is 1. The summed E-state index contributed by atoms with van der Waals surface area (Å²) in [6.45, 7) is 2.04. The smallest absolute Gasteiger partial charge is 0.251 e. The van der Waals surface area contributed by atoms with Crippen molar-refractivity contribution in [2.24, 2.45) is 0 Å². The van der Waals surface area contributed by atoms with E-state index in [2.05, 4.69) is 16.0 Å². The van der Waals surface area contributed by atoms with Crippen molar-refractivity contribution in [2.45, 2.75) is 45.1 Å². The monoisotopic (exact) mass is 399 g/mol. The van der Waals surface area contributed by atoms with E-state index in [1.165, 1.54) is 19.3 Å². The van der Waals surface area contributed by atoms with Crippen LogP contribution in [0.5, 0.6) is 0 Å². The van der Waals surface area contributed by atoms with Crippen LogP contribution >= 0.6 is 11.6 Å². The van der Waals surface area contributed by atoms with Crippen molar-refractivity contribution in [3.05, 3.63) is 58.6 Å². The Labute approximate surface area is 170 Å². The van der Waals surface area contributed by atoms with E-state index in [4.69, 9.17) is 11.6 Å². The number of hydrogen-bond acceptors (Lipinski definition) is 3. The molecule has 3 N–H and O–H groups in total. The maximum atomic E-state index is 12.5. The quantitative estimate of drug-likeness (QED) is 0.655. The fraction of sp³-hybridized carbons (Fsp3) is 0.364. The summed E-state index contributed by atoms with van der Waals surface area (Å²) < 4.78 is 0. The minimum Gasteiger partial charge on any atom is -0.376 e. The van der Waals surface area contributed by atoms with Crippen LogP contribution in [0, 0.1) is 6.92 Å². The predicted molar refractivity (Wildman–Crippen MR) is 114 cm³/mol. The fourth-order valence-corrected chi connectivity index (χ4v) is 3.52. The molecule has 28 heavy (non-hydrogen) atoms. The third-order valence-corrected chi connectivity index (χ3v) is 5.38. The first-order valence-corrected chi connectivity index (χ1v) is 10.1. The van der Waals surface area contributed by atoms with Gasteiger partial charge < -0.3 is 16.0 Å². The van der Waals surface area contributed by atoms with Gasteiger partial charge in [-0.25, -0.2) is 0 Å². The Kier molecular flexibility index (Phi) is 6.93. The van der Waals surface area contributed by atoms with Gasteiger partial charge in [0.2, 0.25) is 5.91 Å². The lowest BCUT2D eigenvalue weighted by atomic mass is 9.95. The van der Waals surface area contributed by atoms with Gasteiger partial charge in [0.05, 0.1) is 6.54 Å². The molecule has 0 radical (unpaired) electrons. The van der Waals surface area contributed by atoms with Gasteiger partial charge in [-0.05, 0) is 55.7 Å². The van der Waals surface area contributed by atoms with E-state index in [0.717, 1.165) is 24.1 Å². The van der Waals surface area contributed by atoms with Crippen LogP contribution in [-0.4, -0.2) is 24.4 Å². The average molecular weight is 400 g/mol. The molecule has 2 aromatic carbocycles. The van der Waals surface area contributed by atoms with E-state index in [1.807, 2.05) is 19.1 Å². The molecule has 0 heterocycles. The van der Waals surface area contributed by atoms with E-state index in [0.29, 0.717) is 16.3 Å². The first kappa shape index (κ1) is 20.2. The molecule has 0 saturated heterocycles. The number of rotatable bonds is 6. The van der Waals surface area contributed by atoms with Gasteiger partial charge in [-0.15, -0.1) is 0 Å². The molecule has 2 amide bonds. The molecule has 1 saturated carbocycles. The van der Waals surface area contributed by atoms with Gasteiger partial charge in [-0.3, -0.25) is 9.59 Å². The van der Waals surface area contributed by atoms with E-state index in [9.17, 15) is 9.59 Å². The SMILES string of the molecule is Cc1ccc(NCC(=O)Nc2cccc(C(=O)NC3CCCCC3)c2)cc1Cl. The Morgan fingerprint density at radius 2 is 1.82 bits per heavy atom. The Morgan fingerprint density at radius 3 is 2.57 bits per heavy atom. The van der Waals surface area contributed by atoms with Crippen LogP contribution in [-0.2, 0) is 4.79 Å². The van der Waals surface area contributed by atoms with Gasteiger partial charge in [0.25, 0.3) is 5.91 Å². The minimum atomic E-state index is -0.193. The van der Waals surface area contributed by atoms with Gasteiger partial charge in [-0.2, -0.15) is 0 Å². The fourth-order valence-electron chi connectivity index (χ4n) is 3.34. The summed E-state index contributed by atoms with van der Waals surface area (Å²) in [7, 11) is 0. The van der Waals surface area contributed by atoms with Gasteiger partial charge in [0, 0.05) is 28.0 Å². The number of halogens is 1. The van der Waals surface area contributed by atoms with Gasteiger partial charge >= 0.3 is 0 Å². The third kappa shape index (κ3) is 5.73. The summed E-state index contributed by atoms with van der Waals surface area (Å²) in [5, 5.41) is 9.62. The maximum Gasteiger partial charge on any atom is 0.251 e. The molecule has 0 aliphatic heterocycles. The van der Waals surface area contributed by atoms with Crippen LogP contribution in [0.25, 0.3) is 0 Å². The molecule has 3 rings (SSSR count). The molecule has 0 bridgehead atoms. The summed E-state index contributed by atoms with van der Waals surface area (Å²) in [4.78, 5) is 24.7. The van der Waals surface area contributed by atoms with E-state index >= 15 is 0 Å². The third-order valence-electron chi connectivity index (χ3n) is 4.97. The zero-order valence-corrected chi connectivity index (χ0v) is 16.8. The van der Waals surface area contributed by atoms with E-state index < -0.39 is 0 Å². The second kappa shape index (κ2) is 9.60. The number of anilines is 2. The van der Waals surface area contributed by atoms with Crippen molar-refractivity contribution in [1.82, 2.24) is 5.32 Å². The van der Waals surface area contributed by atoms with E-state index in [1.54, 1.807) is 30.3 Å². The molecule has 2 aromatic rings. The first-order valence-electron chi connectivity index (χ1n) is 9.72. The van der Waals surface area contributed by atoms with Crippen molar-refractivity contribution in [1.29, 1.82) is 0 Å². The molecule has 1 aliphatic rings. The lowest BCUT2D eigenvalue weighted by molar-refractivity contribution is -0.114. The number of hydrogen-bond donors (Lipinski definition) is 3. The highest BCUT2D eigenvalue weighted by Gasteiger charge is 2.17. The van der Waals surface area contributed by atoms with Crippen molar-refractivity contribution in [3.63, 3.8) is 0 Å². The molecular formula is C22H26ClN3O2. The highest BCUT2D eigenvalue weighted by molar-refractivity contribution is 6.31. The van der Waals surface area contributed by atoms with Crippen molar-refractivity contribution in [3.8, 4) is 0 Å². The lowest BCUT2D eigenvalue weighted by Gasteiger charge is -2.22. The van der Waals surface area contributed by atoms with Crippen molar-refractivity contribution >= 4 is 34.8 Å². The molecule has 0 unspecified atom stereocenters. The molecule has 5 nitrogen and oxygen atoms in total. The summed E-state index contributed by atoms with van der Waals surface area (Å²) in [5.74, 6) is -0.281. The highest BCUT2D eigenvalue weighted by atomic mass is 35.5. The molecule has 1 aliphatic carbocycles. The average Bonchev–Trinajstić information content (AvgIpc) is 2.70.